The highest BCUT2D eigenvalue weighted by Gasteiger charge is 2.26. The van der Waals surface area contributed by atoms with E-state index in [1.807, 2.05) is 0 Å². The number of methoxy groups -OCH3 is 3. The SMILES string of the molecule is COC(=O)C(C)C(O)c1ccc(OC)cc1OC. The fraction of sp³-hybridized carbons (Fsp3) is 0.462. The van der Waals surface area contributed by atoms with Crippen LogP contribution in [0.3, 0.4) is 0 Å². The lowest BCUT2D eigenvalue weighted by molar-refractivity contribution is -0.148. The molecule has 0 amide bonds. The third-order valence-electron chi connectivity index (χ3n) is 2.81. The van der Waals surface area contributed by atoms with Crippen LogP contribution in [-0.2, 0) is 9.53 Å². The summed E-state index contributed by atoms with van der Waals surface area (Å²) >= 11 is 0. The zero-order valence-electron chi connectivity index (χ0n) is 11.0. The van der Waals surface area contributed by atoms with Crippen LogP contribution in [0.1, 0.15) is 18.6 Å². The molecule has 5 heteroatoms. The average Bonchev–Trinajstić information content (AvgIpc) is 2.43. The van der Waals surface area contributed by atoms with Crippen LogP contribution in [-0.4, -0.2) is 32.4 Å². The first-order valence-corrected chi connectivity index (χ1v) is 5.53. The van der Waals surface area contributed by atoms with Gasteiger partial charge < -0.3 is 19.3 Å². The summed E-state index contributed by atoms with van der Waals surface area (Å²) in [6.45, 7) is 1.60. The summed E-state index contributed by atoms with van der Waals surface area (Å²) in [5.41, 5.74) is 0.524. The first-order valence-electron chi connectivity index (χ1n) is 5.53. The van der Waals surface area contributed by atoms with Gasteiger partial charge in [0.05, 0.1) is 33.4 Å². The van der Waals surface area contributed by atoms with Crippen molar-refractivity contribution in [1.82, 2.24) is 0 Å². The summed E-state index contributed by atoms with van der Waals surface area (Å²) in [4.78, 5) is 11.4. The fourth-order valence-corrected chi connectivity index (χ4v) is 1.65. The zero-order valence-corrected chi connectivity index (χ0v) is 11.0. The van der Waals surface area contributed by atoms with Gasteiger partial charge in [-0.05, 0) is 19.1 Å². The molecule has 0 fully saturated rings. The van der Waals surface area contributed by atoms with E-state index in [1.165, 1.54) is 14.2 Å². The molecule has 100 valence electrons. The van der Waals surface area contributed by atoms with Crippen molar-refractivity contribution in [2.45, 2.75) is 13.0 Å². The van der Waals surface area contributed by atoms with Crippen molar-refractivity contribution in [2.75, 3.05) is 21.3 Å². The molecule has 0 saturated carbocycles. The van der Waals surface area contributed by atoms with Gasteiger partial charge in [-0.3, -0.25) is 4.79 Å². The maximum Gasteiger partial charge on any atom is 0.311 e. The quantitative estimate of drug-likeness (QED) is 0.807. The summed E-state index contributed by atoms with van der Waals surface area (Å²) < 4.78 is 14.9. The van der Waals surface area contributed by atoms with E-state index < -0.39 is 18.0 Å². The van der Waals surface area contributed by atoms with Gasteiger partial charge in [0.1, 0.15) is 11.5 Å². The van der Waals surface area contributed by atoms with E-state index >= 15 is 0 Å². The van der Waals surface area contributed by atoms with Gasteiger partial charge in [-0.25, -0.2) is 0 Å². The number of aliphatic hydroxyl groups is 1. The largest absolute Gasteiger partial charge is 0.497 e. The summed E-state index contributed by atoms with van der Waals surface area (Å²) in [5, 5.41) is 10.1. The molecule has 0 aromatic heterocycles. The Morgan fingerprint density at radius 2 is 1.89 bits per heavy atom. The summed E-state index contributed by atoms with van der Waals surface area (Å²) in [6.07, 6.45) is -0.988. The first-order chi connectivity index (χ1) is 8.54. The van der Waals surface area contributed by atoms with Crippen LogP contribution < -0.4 is 9.47 Å². The van der Waals surface area contributed by atoms with Gasteiger partial charge in [-0.2, -0.15) is 0 Å². The van der Waals surface area contributed by atoms with Crippen LogP contribution in [0.2, 0.25) is 0 Å². The van der Waals surface area contributed by atoms with Crippen LogP contribution in [0.25, 0.3) is 0 Å². The fourth-order valence-electron chi connectivity index (χ4n) is 1.65. The van der Waals surface area contributed by atoms with Crippen molar-refractivity contribution in [3.05, 3.63) is 23.8 Å². The number of ether oxygens (including phenoxy) is 3. The van der Waals surface area contributed by atoms with Gasteiger partial charge in [0.25, 0.3) is 0 Å². The number of aliphatic hydroxyl groups excluding tert-OH is 1. The van der Waals surface area contributed by atoms with Gasteiger partial charge >= 0.3 is 5.97 Å². The summed E-state index contributed by atoms with van der Waals surface area (Å²) in [7, 11) is 4.33. The topological polar surface area (TPSA) is 65.0 Å². The molecular weight excluding hydrogens is 236 g/mol. The maximum atomic E-state index is 11.4. The molecule has 0 saturated heterocycles. The number of rotatable bonds is 5. The molecule has 1 N–H and O–H groups in total. The van der Waals surface area contributed by atoms with Crippen LogP contribution in [0, 0.1) is 5.92 Å². The van der Waals surface area contributed by atoms with Crippen LogP contribution in [0.5, 0.6) is 11.5 Å². The highest BCUT2D eigenvalue weighted by Crippen LogP contribution is 2.33. The second kappa shape index (κ2) is 6.26. The molecule has 0 spiro atoms. The van der Waals surface area contributed by atoms with Gasteiger partial charge in [-0.15, -0.1) is 0 Å². The molecule has 0 aliphatic heterocycles. The van der Waals surface area contributed by atoms with Crippen molar-refractivity contribution in [3.8, 4) is 11.5 Å². The molecule has 18 heavy (non-hydrogen) atoms. The number of esters is 1. The Kier molecular flexibility index (Phi) is 4.97. The zero-order chi connectivity index (χ0) is 13.7. The predicted octanol–water partition coefficient (Wildman–Crippen LogP) is 1.55. The van der Waals surface area contributed by atoms with Gasteiger partial charge in [0, 0.05) is 11.6 Å². The summed E-state index contributed by atoms with van der Waals surface area (Å²) in [6, 6.07) is 5.02. The Balaban J connectivity index is 3.04. The van der Waals surface area contributed by atoms with Crippen molar-refractivity contribution in [2.24, 2.45) is 5.92 Å². The smallest absolute Gasteiger partial charge is 0.311 e. The van der Waals surface area contributed by atoms with E-state index in [1.54, 1.807) is 32.2 Å². The minimum atomic E-state index is -0.988. The van der Waals surface area contributed by atoms with Crippen LogP contribution in [0.15, 0.2) is 18.2 Å². The number of carbonyl (C=O) groups excluding carboxylic acids is 1. The Bertz CT molecular complexity index is 416. The van der Waals surface area contributed by atoms with Gasteiger partial charge in [0.2, 0.25) is 0 Å². The molecule has 2 atom stereocenters. The molecule has 0 heterocycles. The third-order valence-corrected chi connectivity index (χ3v) is 2.81. The monoisotopic (exact) mass is 254 g/mol. The lowest BCUT2D eigenvalue weighted by Crippen LogP contribution is -2.21. The molecular formula is C13H18O5. The van der Waals surface area contributed by atoms with Crippen molar-refractivity contribution >= 4 is 5.97 Å². The lowest BCUT2D eigenvalue weighted by Gasteiger charge is -2.19. The molecule has 0 bridgehead atoms. The maximum absolute atomic E-state index is 11.4. The van der Waals surface area contributed by atoms with E-state index in [2.05, 4.69) is 4.74 Å². The third kappa shape index (κ3) is 2.92. The highest BCUT2D eigenvalue weighted by molar-refractivity contribution is 5.73. The molecule has 5 nitrogen and oxygen atoms in total. The van der Waals surface area contributed by atoms with Crippen molar-refractivity contribution in [1.29, 1.82) is 0 Å². The molecule has 1 aromatic carbocycles. The van der Waals surface area contributed by atoms with Crippen molar-refractivity contribution < 1.29 is 24.1 Å². The van der Waals surface area contributed by atoms with Gasteiger partial charge in [-0.1, -0.05) is 0 Å². The van der Waals surface area contributed by atoms with Crippen molar-refractivity contribution in [3.63, 3.8) is 0 Å². The van der Waals surface area contributed by atoms with E-state index in [-0.39, 0.29) is 0 Å². The van der Waals surface area contributed by atoms with Crippen LogP contribution in [0.4, 0.5) is 0 Å². The number of benzene rings is 1. The highest BCUT2D eigenvalue weighted by atomic mass is 16.5. The van der Waals surface area contributed by atoms with E-state index in [0.717, 1.165) is 0 Å². The molecule has 0 radical (unpaired) electrons. The van der Waals surface area contributed by atoms with E-state index in [0.29, 0.717) is 17.1 Å². The predicted molar refractivity (Wildman–Crippen MR) is 65.7 cm³/mol. The average molecular weight is 254 g/mol. The van der Waals surface area contributed by atoms with E-state index in [9.17, 15) is 9.90 Å². The Labute approximate surface area is 106 Å². The molecule has 1 aromatic rings. The molecule has 0 aliphatic rings. The minimum absolute atomic E-state index is 0.470. The van der Waals surface area contributed by atoms with E-state index in [4.69, 9.17) is 9.47 Å². The second-order valence-corrected chi connectivity index (χ2v) is 3.86. The molecule has 2 unspecified atom stereocenters. The Hall–Kier alpha value is -1.75. The van der Waals surface area contributed by atoms with Crippen LogP contribution >= 0.6 is 0 Å². The number of hydrogen-bond acceptors (Lipinski definition) is 5. The van der Waals surface area contributed by atoms with Gasteiger partial charge in [0.15, 0.2) is 0 Å². The standard InChI is InChI=1S/C13H18O5/c1-8(13(15)18-4)12(14)10-6-5-9(16-2)7-11(10)17-3/h5-8,12,14H,1-4H3. The number of hydrogen-bond donors (Lipinski definition) is 1. The summed E-state index contributed by atoms with van der Waals surface area (Å²) in [5.74, 6) is -0.0520. The molecule has 1 rings (SSSR count). The normalized spacial score (nSPS) is 13.6. The number of carbonyl (C=O) groups is 1. The second-order valence-electron chi connectivity index (χ2n) is 3.86. The first kappa shape index (κ1) is 14.3. The Morgan fingerprint density at radius 3 is 2.39 bits per heavy atom. The lowest BCUT2D eigenvalue weighted by atomic mass is 9.96. The Morgan fingerprint density at radius 1 is 1.22 bits per heavy atom. The molecule has 0 aliphatic carbocycles. The minimum Gasteiger partial charge on any atom is -0.497 e.